The molecule has 1 aliphatic rings. The summed E-state index contributed by atoms with van der Waals surface area (Å²) in [5.74, 6) is 0.387. The summed E-state index contributed by atoms with van der Waals surface area (Å²) in [5.41, 5.74) is 1.23. The first-order chi connectivity index (χ1) is 8.97. The van der Waals surface area contributed by atoms with E-state index >= 15 is 0 Å². The van der Waals surface area contributed by atoms with Gasteiger partial charge in [-0.15, -0.1) is 0 Å². The van der Waals surface area contributed by atoms with Gasteiger partial charge in [0.2, 0.25) is 0 Å². The predicted molar refractivity (Wildman–Crippen MR) is 72.6 cm³/mol. The molecule has 0 saturated heterocycles. The third-order valence-electron chi connectivity index (χ3n) is 2.99. The number of anilines is 1. The molecule has 0 bridgehead atoms. The molecular formula is C14H18N2O3. The van der Waals surface area contributed by atoms with Crippen molar-refractivity contribution in [1.82, 2.24) is 4.90 Å². The molecule has 1 unspecified atom stereocenters. The van der Waals surface area contributed by atoms with Gasteiger partial charge >= 0.3 is 0 Å². The summed E-state index contributed by atoms with van der Waals surface area (Å²) >= 11 is 0. The van der Waals surface area contributed by atoms with Gasteiger partial charge in [-0.2, -0.15) is 0 Å². The summed E-state index contributed by atoms with van der Waals surface area (Å²) in [6, 6.07) is 5.13. The zero-order valence-corrected chi connectivity index (χ0v) is 11.4. The van der Waals surface area contributed by atoms with E-state index in [9.17, 15) is 9.59 Å². The van der Waals surface area contributed by atoms with E-state index in [0.29, 0.717) is 23.5 Å². The molecule has 1 aromatic rings. The molecule has 1 N–H and O–H groups in total. The van der Waals surface area contributed by atoms with E-state index < -0.39 is 0 Å². The number of benzene rings is 1. The highest BCUT2D eigenvalue weighted by Gasteiger charge is 2.20. The van der Waals surface area contributed by atoms with Gasteiger partial charge in [-0.05, 0) is 32.3 Å². The zero-order chi connectivity index (χ0) is 14.0. The lowest BCUT2D eigenvalue weighted by Crippen LogP contribution is -2.27. The molecule has 1 heterocycles. The molecular weight excluding hydrogens is 244 g/mol. The normalized spacial score (nSPS) is 15.5. The van der Waals surface area contributed by atoms with Gasteiger partial charge in [-0.3, -0.25) is 9.59 Å². The van der Waals surface area contributed by atoms with Crippen LogP contribution in [0.4, 0.5) is 5.69 Å². The lowest BCUT2D eigenvalue weighted by atomic mass is 9.98. The van der Waals surface area contributed by atoms with Gasteiger partial charge < -0.3 is 15.0 Å². The Balaban J connectivity index is 2.18. The van der Waals surface area contributed by atoms with Gasteiger partial charge in [0.25, 0.3) is 5.91 Å². The van der Waals surface area contributed by atoms with Crippen molar-refractivity contribution in [3.05, 3.63) is 23.8 Å². The number of nitrogens with one attached hydrogen (secondary N) is 1. The fourth-order valence-electron chi connectivity index (χ4n) is 2.14. The molecule has 19 heavy (non-hydrogen) atoms. The lowest BCUT2D eigenvalue weighted by molar-refractivity contribution is -0.118. The van der Waals surface area contributed by atoms with Crippen molar-refractivity contribution in [3.63, 3.8) is 0 Å². The smallest absolute Gasteiger partial charge is 0.262 e. The number of ketones is 1. The zero-order valence-electron chi connectivity index (χ0n) is 11.4. The maximum absolute atomic E-state index is 12.3. The van der Waals surface area contributed by atoms with E-state index in [4.69, 9.17) is 4.74 Å². The van der Waals surface area contributed by atoms with E-state index in [1.165, 1.54) is 0 Å². The van der Waals surface area contributed by atoms with Crippen LogP contribution in [0.2, 0.25) is 0 Å². The molecule has 102 valence electrons. The van der Waals surface area contributed by atoms with E-state index in [-0.39, 0.29) is 24.2 Å². The minimum Gasteiger partial charge on any atom is -0.482 e. The third kappa shape index (κ3) is 3.12. The number of fused-ring (bicyclic) bond motifs is 1. The molecule has 1 aromatic carbocycles. The highest BCUT2D eigenvalue weighted by molar-refractivity contribution is 6.00. The fraction of sp³-hybridized carbons (Fsp3) is 0.429. The number of ether oxygens (including phenoxy) is 1. The molecule has 5 nitrogen and oxygen atoms in total. The second kappa shape index (κ2) is 5.40. The Bertz CT molecular complexity index is 511. The number of nitrogens with zero attached hydrogens (tertiary/aromatic N) is 1. The van der Waals surface area contributed by atoms with Crippen molar-refractivity contribution in [2.24, 2.45) is 5.92 Å². The maximum Gasteiger partial charge on any atom is 0.262 e. The number of carbonyl (C=O) groups is 2. The van der Waals surface area contributed by atoms with Crippen molar-refractivity contribution >= 4 is 17.4 Å². The molecule has 5 heteroatoms. The van der Waals surface area contributed by atoms with Gasteiger partial charge in [0.15, 0.2) is 12.4 Å². The monoisotopic (exact) mass is 262 g/mol. The van der Waals surface area contributed by atoms with E-state index in [1.807, 2.05) is 25.9 Å². The van der Waals surface area contributed by atoms with E-state index in [0.717, 1.165) is 0 Å². The van der Waals surface area contributed by atoms with Crippen LogP contribution >= 0.6 is 0 Å². The van der Waals surface area contributed by atoms with Crippen LogP contribution < -0.4 is 10.1 Å². The summed E-state index contributed by atoms with van der Waals surface area (Å²) in [6.45, 7) is 2.61. The summed E-state index contributed by atoms with van der Waals surface area (Å²) < 4.78 is 5.31. The predicted octanol–water partition coefficient (Wildman–Crippen LogP) is 1.40. The SMILES string of the molecule is CC(CN(C)C)C(=O)c1ccc2c(c1)OCC(=O)N2. The van der Waals surface area contributed by atoms with Gasteiger partial charge in [-0.25, -0.2) is 0 Å². The quantitative estimate of drug-likeness (QED) is 0.833. The Hall–Kier alpha value is -1.88. The van der Waals surface area contributed by atoms with Crippen LogP contribution in [-0.2, 0) is 4.79 Å². The summed E-state index contributed by atoms with van der Waals surface area (Å²) in [4.78, 5) is 25.4. The first-order valence-electron chi connectivity index (χ1n) is 6.23. The Kier molecular flexibility index (Phi) is 3.85. The molecule has 0 radical (unpaired) electrons. The minimum atomic E-state index is -0.174. The molecule has 0 fully saturated rings. The third-order valence-corrected chi connectivity index (χ3v) is 2.99. The lowest BCUT2D eigenvalue weighted by Gasteiger charge is -2.20. The van der Waals surface area contributed by atoms with Crippen LogP contribution in [0.5, 0.6) is 5.75 Å². The van der Waals surface area contributed by atoms with Crippen LogP contribution in [0.25, 0.3) is 0 Å². The molecule has 2 rings (SSSR count). The Morgan fingerprint density at radius 3 is 2.89 bits per heavy atom. The molecule has 1 atom stereocenters. The van der Waals surface area contributed by atoms with Crippen LogP contribution in [0.3, 0.4) is 0 Å². The van der Waals surface area contributed by atoms with Crippen molar-refractivity contribution in [2.75, 3.05) is 32.6 Å². The minimum absolute atomic E-state index is 0.00209. The second-order valence-electron chi connectivity index (χ2n) is 5.08. The Labute approximate surface area is 112 Å². The number of rotatable bonds is 4. The number of Topliss-reactive ketones (excluding diaryl/α,β-unsaturated/α-hetero) is 1. The summed E-state index contributed by atoms with van der Waals surface area (Å²) in [6.07, 6.45) is 0. The summed E-state index contributed by atoms with van der Waals surface area (Å²) in [5, 5.41) is 2.70. The molecule has 0 saturated carbocycles. The van der Waals surface area contributed by atoms with Crippen molar-refractivity contribution in [2.45, 2.75) is 6.92 Å². The highest BCUT2D eigenvalue weighted by Crippen LogP contribution is 2.29. The number of amides is 1. The van der Waals surface area contributed by atoms with Gasteiger partial charge in [0.05, 0.1) is 5.69 Å². The molecule has 1 amide bonds. The Morgan fingerprint density at radius 1 is 1.47 bits per heavy atom. The van der Waals surface area contributed by atoms with Crippen LogP contribution in [0, 0.1) is 5.92 Å². The number of hydrogen-bond donors (Lipinski definition) is 1. The van der Waals surface area contributed by atoms with Crippen molar-refractivity contribution < 1.29 is 14.3 Å². The average Bonchev–Trinajstić information content (AvgIpc) is 2.36. The van der Waals surface area contributed by atoms with Gasteiger partial charge in [0, 0.05) is 18.0 Å². The topological polar surface area (TPSA) is 58.6 Å². The van der Waals surface area contributed by atoms with Crippen molar-refractivity contribution in [3.8, 4) is 5.75 Å². The van der Waals surface area contributed by atoms with Gasteiger partial charge in [0.1, 0.15) is 5.75 Å². The molecule has 1 aliphatic heterocycles. The molecule has 0 spiro atoms. The van der Waals surface area contributed by atoms with Crippen LogP contribution in [-0.4, -0.2) is 43.8 Å². The molecule has 0 aromatic heterocycles. The molecule has 0 aliphatic carbocycles. The summed E-state index contributed by atoms with van der Waals surface area (Å²) in [7, 11) is 3.88. The van der Waals surface area contributed by atoms with E-state index in [2.05, 4.69) is 5.32 Å². The maximum atomic E-state index is 12.3. The largest absolute Gasteiger partial charge is 0.482 e. The highest BCUT2D eigenvalue weighted by atomic mass is 16.5. The Morgan fingerprint density at radius 2 is 2.21 bits per heavy atom. The standard InChI is InChI=1S/C14H18N2O3/c1-9(7-16(2)3)14(18)10-4-5-11-12(6-10)19-8-13(17)15-11/h4-6,9H,7-8H2,1-3H3,(H,15,17). The van der Waals surface area contributed by atoms with Gasteiger partial charge in [-0.1, -0.05) is 6.92 Å². The first-order valence-corrected chi connectivity index (χ1v) is 6.23. The average molecular weight is 262 g/mol. The number of hydrogen-bond acceptors (Lipinski definition) is 4. The fourth-order valence-corrected chi connectivity index (χ4v) is 2.14. The number of carbonyl (C=O) groups excluding carboxylic acids is 2. The van der Waals surface area contributed by atoms with Crippen LogP contribution in [0.1, 0.15) is 17.3 Å². The van der Waals surface area contributed by atoms with Crippen LogP contribution in [0.15, 0.2) is 18.2 Å². The van der Waals surface area contributed by atoms with Crippen molar-refractivity contribution in [1.29, 1.82) is 0 Å². The second-order valence-corrected chi connectivity index (χ2v) is 5.08. The first kappa shape index (κ1) is 13.5. The van der Waals surface area contributed by atoms with E-state index in [1.54, 1.807) is 18.2 Å².